The van der Waals surface area contributed by atoms with Gasteiger partial charge in [0.1, 0.15) is 11.6 Å². The lowest BCUT2D eigenvalue weighted by Crippen LogP contribution is -2.34. The van der Waals surface area contributed by atoms with Crippen molar-refractivity contribution in [2.45, 2.75) is 52.6 Å². The summed E-state index contributed by atoms with van der Waals surface area (Å²) in [7, 11) is 0. The minimum absolute atomic E-state index is 0.455. The van der Waals surface area contributed by atoms with E-state index < -0.39 is 0 Å². The first-order valence-electron chi connectivity index (χ1n) is 10.5. The average molecular weight is 391 g/mol. The van der Waals surface area contributed by atoms with Crippen LogP contribution in [0, 0.1) is 13.8 Å². The Morgan fingerprint density at radius 2 is 2.07 bits per heavy atom. The smallest absolute Gasteiger partial charge is 0.134 e. The second-order valence-corrected chi connectivity index (χ2v) is 7.91. The van der Waals surface area contributed by atoms with Gasteiger partial charge < -0.3 is 5.32 Å². The second kappa shape index (κ2) is 8.74. The maximum atomic E-state index is 4.91. The van der Waals surface area contributed by atoms with E-state index >= 15 is 0 Å². The van der Waals surface area contributed by atoms with E-state index in [-0.39, 0.29) is 0 Å². The van der Waals surface area contributed by atoms with E-state index in [1.54, 1.807) is 6.20 Å². The first-order chi connectivity index (χ1) is 14.1. The second-order valence-electron chi connectivity index (χ2n) is 7.91. The molecule has 0 aromatic carbocycles. The Hall–Kier alpha value is -2.73. The number of anilines is 2. The fourth-order valence-electron chi connectivity index (χ4n) is 4.04. The summed E-state index contributed by atoms with van der Waals surface area (Å²) in [5.74, 6) is 2.18. The molecule has 1 aliphatic heterocycles. The highest BCUT2D eigenvalue weighted by Crippen LogP contribution is 2.28. The predicted molar refractivity (Wildman–Crippen MR) is 116 cm³/mol. The van der Waals surface area contributed by atoms with Crippen molar-refractivity contribution in [2.75, 3.05) is 18.4 Å². The SMILES string of the molecule is CCn1cc(CN2CCC[C@@H](c3cccc(Nc4ncccc4C)n3)C2)c(C)n1. The number of nitrogens with one attached hydrogen (secondary N) is 1. The number of nitrogens with zero attached hydrogens (tertiary/aromatic N) is 5. The van der Waals surface area contributed by atoms with Crippen LogP contribution in [0.15, 0.2) is 42.7 Å². The van der Waals surface area contributed by atoms with Crippen LogP contribution in [-0.2, 0) is 13.1 Å². The highest BCUT2D eigenvalue weighted by Gasteiger charge is 2.23. The number of likely N-dealkylation sites (tertiary alicyclic amines) is 1. The molecule has 0 bridgehead atoms. The lowest BCUT2D eigenvalue weighted by molar-refractivity contribution is 0.198. The van der Waals surface area contributed by atoms with E-state index in [1.165, 1.54) is 18.4 Å². The minimum Gasteiger partial charge on any atom is -0.325 e. The summed E-state index contributed by atoms with van der Waals surface area (Å²) in [6.07, 6.45) is 6.38. The van der Waals surface area contributed by atoms with Crippen molar-refractivity contribution >= 4 is 11.6 Å². The van der Waals surface area contributed by atoms with Gasteiger partial charge in [0, 0.05) is 49.2 Å². The zero-order valence-electron chi connectivity index (χ0n) is 17.6. The third-order valence-corrected chi connectivity index (χ3v) is 5.72. The van der Waals surface area contributed by atoms with Crippen molar-refractivity contribution in [3.8, 4) is 0 Å². The number of aryl methyl sites for hydroxylation is 3. The lowest BCUT2D eigenvalue weighted by atomic mass is 9.94. The Bertz CT molecular complexity index is 964. The largest absolute Gasteiger partial charge is 0.325 e. The summed E-state index contributed by atoms with van der Waals surface area (Å²) in [5.41, 5.74) is 4.76. The summed E-state index contributed by atoms with van der Waals surface area (Å²) in [6.45, 7) is 10.4. The molecule has 6 heteroatoms. The molecule has 3 aromatic rings. The fourth-order valence-corrected chi connectivity index (χ4v) is 4.04. The van der Waals surface area contributed by atoms with Crippen LogP contribution >= 0.6 is 0 Å². The summed E-state index contributed by atoms with van der Waals surface area (Å²) < 4.78 is 2.03. The molecule has 0 amide bonds. The van der Waals surface area contributed by atoms with Gasteiger partial charge in [-0.2, -0.15) is 5.10 Å². The van der Waals surface area contributed by atoms with Gasteiger partial charge in [0.15, 0.2) is 0 Å². The van der Waals surface area contributed by atoms with Crippen molar-refractivity contribution in [1.82, 2.24) is 24.6 Å². The van der Waals surface area contributed by atoms with Crippen LogP contribution < -0.4 is 5.32 Å². The maximum Gasteiger partial charge on any atom is 0.134 e. The van der Waals surface area contributed by atoms with Crippen molar-refractivity contribution in [3.63, 3.8) is 0 Å². The van der Waals surface area contributed by atoms with Crippen LogP contribution in [0.5, 0.6) is 0 Å². The first-order valence-corrected chi connectivity index (χ1v) is 10.5. The Balaban J connectivity index is 1.45. The molecule has 152 valence electrons. The van der Waals surface area contributed by atoms with Crippen molar-refractivity contribution in [2.24, 2.45) is 0 Å². The maximum absolute atomic E-state index is 4.91. The van der Waals surface area contributed by atoms with Crippen molar-refractivity contribution in [3.05, 3.63) is 65.2 Å². The highest BCUT2D eigenvalue weighted by atomic mass is 15.3. The Morgan fingerprint density at radius 1 is 1.17 bits per heavy atom. The standard InChI is InChI=1S/C23H30N6/c1-4-29-16-20(18(3)27-29)15-28-13-7-9-19(14-28)21-10-5-11-22(25-21)26-23-17(2)8-6-12-24-23/h5-6,8,10-12,16,19H,4,7,9,13-15H2,1-3H3,(H,24,25,26)/t19-/m1/s1. The Morgan fingerprint density at radius 3 is 2.86 bits per heavy atom. The summed E-state index contributed by atoms with van der Waals surface area (Å²) >= 11 is 0. The van der Waals surface area contributed by atoms with Gasteiger partial charge in [0.2, 0.25) is 0 Å². The Kier molecular flexibility index (Phi) is 5.90. The van der Waals surface area contributed by atoms with Gasteiger partial charge in [0.25, 0.3) is 0 Å². The molecule has 1 atom stereocenters. The zero-order valence-corrected chi connectivity index (χ0v) is 17.6. The van der Waals surface area contributed by atoms with E-state index in [9.17, 15) is 0 Å². The minimum atomic E-state index is 0.455. The van der Waals surface area contributed by atoms with Gasteiger partial charge in [-0.1, -0.05) is 12.1 Å². The molecular weight excluding hydrogens is 360 g/mol. The Labute approximate surface area is 173 Å². The van der Waals surface area contributed by atoms with Gasteiger partial charge in [-0.05, 0) is 63.9 Å². The van der Waals surface area contributed by atoms with Gasteiger partial charge in [-0.3, -0.25) is 9.58 Å². The number of aromatic nitrogens is 4. The van der Waals surface area contributed by atoms with Gasteiger partial charge in [0.05, 0.1) is 5.69 Å². The third-order valence-electron chi connectivity index (χ3n) is 5.72. The molecule has 0 aliphatic carbocycles. The average Bonchev–Trinajstić information content (AvgIpc) is 3.10. The topological polar surface area (TPSA) is 58.9 Å². The van der Waals surface area contributed by atoms with E-state index in [0.717, 1.165) is 54.8 Å². The fraction of sp³-hybridized carbons (Fsp3) is 0.435. The summed E-state index contributed by atoms with van der Waals surface area (Å²) in [4.78, 5) is 11.9. The highest BCUT2D eigenvalue weighted by molar-refractivity contribution is 5.55. The van der Waals surface area contributed by atoms with Crippen molar-refractivity contribution in [1.29, 1.82) is 0 Å². The molecule has 29 heavy (non-hydrogen) atoms. The molecule has 1 fully saturated rings. The van der Waals surface area contributed by atoms with Gasteiger partial charge >= 0.3 is 0 Å². The molecule has 1 saturated heterocycles. The molecule has 0 spiro atoms. The first kappa shape index (κ1) is 19.6. The number of pyridine rings is 2. The normalized spacial score (nSPS) is 17.4. The van der Waals surface area contributed by atoms with Gasteiger partial charge in [-0.15, -0.1) is 0 Å². The van der Waals surface area contributed by atoms with E-state index in [1.807, 2.05) is 16.8 Å². The number of hydrogen-bond donors (Lipinski definition) is 1. The van der Waals surface area contributed by atoms with Crippen LogP contribution in [0.1, 0.15) is 48.2 Å². The van der Waals surface area contributed by atoms with Crippen LogP contribution in [0.2, 0.25) is 0 Å². The number of rotatable bonds is 6. The predicted octanol–water partition coefficient (Wildman–Crippen LogP) is 4.43. The molecule has 0 unspecified atom stereocenters. The third kappa shape index (κ3) is 4.65. The molecule has 6 nitrogen and oxygen atoms in total. The van der Waals surface area contributed by atoms with Gasteiger partial charge in [-0.25, -0.2) is 9.97 Å². The quantitative estimate of drug-likeness (QED) is 0.675. The summed E-state index contributed by atoms with van der Waals surface area (Å²) in [6, 6.07) is 10.3. The molecule has 1 N–H and O–H groups in total. The monoisotopic (exact) mass is 390 g/mol. The molecule has 3 aromatic heterocycles. The van der Waals surface area contributed by atoms with E-state index in [4.69, 9.17) is 4.98 Å². The summed E-state index contributed by atoms with van der Waals surface area (Å²) in [5, 5.41) is 7.97. The van der Waals surface area contributed by atoms with E-state index in [0.29, 0.717) is 5.92 Å². The lowest BCUT2D eigenvalue weighted by Gasteiger charge is -2.32. The van der Waals surface area contributed by atoms with Crippen LogP contribution in [0.3, 0.4) is 0 Å². The molecule has 0 saturated carbocycles. The van der Waals surface area contributed by atoms with Crippen molar-refractivity contribution < 1.29 is 0 Å². The zero-order chi connectivity index (χ0) is 20.2. The molecule has 4 rings (SSSR count). The molecule has 1 aliphatic rings. The van der Waals surface area contributed by atoms with Crippen LogP contribution in [-0.4, -0.2) is 37.7 Å². The molecule has 4 heterocycles. The van der Waals surface area contributed by atoms with E-state index in [2.05, 4.69) is 65.5 Å². The number of piperidine rings is 1. The van der Waals surface area contributed by atoms with Crippen LogP contribution in [0.25, 0.3) is 0 Å². The molecule has 0 radical (unpaired) electrons. The van der Waals surface area contributed by atoms with Crippen LogP contribution in [0.4, 0.5) is 11.6 Å². The number of hydrogen-bond acceptors (Lipinski definition) is 5. The molecular formula is C23H30N6.